The van der Waals surface area contributed by atoms with Gasteiger partial charge in [-0.25, -0.2) is 13.2 Å². The number of hydrogen-bond acceptors (Lipinski definition) is 3. The zero-order valence-corrected chi connectivity index (χ0v) is 10.9. The van der Waals surface area contributed by atoms with E-state index in [9.17, 15) is 13.2 Å². The molecule has 1 unspecified atom stereocenters. The number of rotatable bonds is 8. The van der Waals surface area contributed by atoms with E-state index in [0.717, 1.165) is 0 Å². The number of alkyl halides is 3. The highest BCUT2D eigenvalue weighted by Crippen LogP contribution is 2.18. The quantitative estimate of drug-likeness (QED) is 0.721. The van der Waals surface area contributed by atoms with Crippen LogP contribution in [-0.2, 0) is 9.47 Å². The van der Waals surface area contributed by atoms with Crippen LogP contribution in [0.25, 0.3) is 0 Å². The van der Waals surface area contributed by atoms with Gasteiger partial charge in [0, 0.05) is 6.54 Å². The molecule has 17 heavy (non-hydrogen) atoms. The van der Waals surface area contributed by atoms with Gasteiger partial charge in [0.2, 0.25) is 0 Å². The van der Waals surface area contributed by atoms with Crippen LogP contribution >= 0.6 is 0 Å². The van der Waals surface area contributed by atoms with Gasteiger partial charge >= 0.3 is 0 Å². The first-order valence-corrected chi connectivity index (χ1v) is 5.54. The van der Waals surface area contributed by atoms with Gasteiger partial charge in [-0.3, -0.25) is 0 Å². The van der Waals surface area contributed by atoms with Crippen molar-refractivity contribution in [3.05, 3.63) is 0 Å². The third-order valence-electron chi connectivity index (χ3n) is 1.75. The van der Waals surface area contributed by atoms with Gasteiger partial charge in [0.25, 0.3) is 5.92 Å². The summed E-state index contributed by atoms with van der Waals surface area (Å²) in [4.78, 5) is 0. The minimum atomic E-state index is -3.09. The molecule has 0 aromatic rings. The van der Waals surface area contributed by atoms with Crippen LogP contribution in [-0.4, -0.2) is 51.1 Å². The first kappa shape index (κ1) is 16.7. The maximum atomic E-state index is 13.2. The summed E-state index contributed by atoms with van der Waals surface area (Å²) in [5.41, 5.74) is -0.627. The molecule has 0 amide bonds. The van der Waals surface area contributed by atoms with Crippen molar-refractivity contribution < 1.29 is 22.6 Å². The van der Waals surface area contributed by atoms with Crippen molar-refractivity contribution >= 4 is 0 Å². The molecule has 0 rings (SSSR count). The Morgan fingerprint density at radius 3 is 2.24 bits per heavy atom. The SMILES string of the molecule is CNCC(F)COCC(F)(F)COC(C)(C)C. The molecule has 0 aliphatic rings. The van der Waals surface area contributed by atoms with Crippen molar-refractivity contribution in [2.24, 2.45) is 0 Å². The Labute approximate surface area is 101 Å². The highest BCUT2D eigenvalue weighted by atomic mass is 19.3. The number of ether oxygens (including phenoxy) is 2. The molecule has 104 valence electrons. The molecule has 3 nitrogen and oxygen atoms in total. The van der Waals surface area contributed by atoms with Gasteiger partial charge in [-0.15, -0.1) is 0 Å². The van der Waals surface area contributed by atoms with Gasteiger partial charge in [0.05, 0.1) is 12.2 Å². The average molecular weight is 257 g/mol. The van der Waals surface area contributed by atoms with Crippen molar-refractivity contribution in [1.82, 2.24) is 5.32 Å². The summed E-state index contributed by atoms with van der Waals surface area (Å²) in [6.45, 7) is 3.26. The first-order chi connectivity index (χ1) is 7.66. The Morgan fingerprint density at radius 2 is 1.76 bits per heavy atom. The second kappa shape index (κ2) is 7.18. The van der Waals surface area contributed by atoms with Crippen LogP contribution in [0.5, 0.6) is 0 Å². The summed E-state index contributed by atoms with van der Waals surface area (Å²) >= 11 is 0. The lowest BCUT2D eigenvalue weighted by Crippen LogP contribution is -2.35. The molecule has 0 saturated heterocycles. The fourth-order valence-electron chi connectivity index (χ4n) is 0.980. The molecule has 0 spiro atoms. The smallest absolute Gasteiger partial charge is 0.293 e. The summed E-state index contributed by atoms with van der Waals surface area (Å²) in [6.07, 6.45) is -1.28. The lowest BCUT2D eigenvalue weighted by Gasteiger charge is -2.24. The summed E-state index contributed by atoms with van der Waals surface area (Å²) in [5.74, 6) is -3.09. The van der Waals surface area contributed by atoms with Crippen molar-refractivity contribution in [3.8, 4) is 0 Å². The van der Waals surface area contributed by atoms with E-state index in [1.54, 1.807) is 27.8 Å². The fraction of sp³-hybridized carbons (Fsp3) is 1.00. The second-order valence-electron chi connectivity index (χ2n) is 4.93. The van der Waals surface area contributed by atoms with Gasteiger partial charge in [0.1, 0.15) is 19.4 Å². The first-order valence-electron chi connectivity index (χ1n) is 5.54. The zero-order valence-electron chi connectivity index (χ0n) is 10.9. The molecule has 0 aromatic heterocycles. The molecule has 0 aliphatic heterocycles. The maximum Gasteiger partial charge on any atom is 0.293 e. The molecule has 0 saturated carbocycles. The lowest BCUT2D eigenvalue weighted by atomic mass is 10.2. The van der Waals surface area contributed by atoms with E-state index in [1.807, 2.05) is 0 Å². The molecule has 0 bridgehead atoms. The van der Waals surface area contributed by atoms with Crippen LogP contribution in [0, 0.1) is 0 Å². The summed E-state index contributed by atoms with van der Waals surface area (Å²) in [7, 11) is 1.58. The monoisotopic (exact) mass is 257 g/mol. The Bertz CT molecular complexity index is 207. The van der Waals surface area contributed by atoms with Crippen LogP contribution in [0.3, 0.4) is 0 Å². The number of halogens is 3. The van der Waals surface area contributed by atoms with E-state index < -0.39 is 30.9 Å². The number of nitrogens with one attached hydrogen (secondary N) is 1. The van der Waals surface area contributed by atoms with E-state index in [4.69, 9.17) is 4.74 Å². The molecule has 1 N–H and O–H groups in total. The van der Waals surface area contributed by atoms with Crippen LogP contribution in [0.15, 0.2) is 0 Å². The van der Waals surface area contributed by atoms with Crippen LogP contribution in [0.2, 0.25) is 0 Å². The number of hydrogen-bond donors (Lipinski definition) is 1. The molecule has 0 heterocycles. The third kappa shape index (κ3) is 10.5. The molecule has 0 aliphatic carbocycles. The molecule has 0 aromatic carbocycles. The van der Waals surface area contributed by atoms with Gasteiger partial charge in [-0.2, -0.15) is 0 Å². The maximum absolute atomic E-state index is 13.2. The molecule has 0 fully saturated rings. The van der Waals surface area contributed by atoms with E-state index in [-0.39, 0.29) is 13.2 Å². The van der Waals surface area contributed by atoms with E-state index >= 15 is 0 Å². The molecule has 0 radical (unpaired) electrons. The van der Waals surface area contributed by atoms with Crippen LogP contribution in [0.4, 0.5) is 13.2 Å². The molecule has 6 heteroatoms. The predicted molar refractivity (Wildman–Crippen MR) is 60.3 cm³/mol. The summed E-state index contributed by atoms with van der Waals surface area (Å²) in [5, 5.41) is 2.59. The Hall–Kier alpha value is -0.330. The highest BCUT2D eigenvalue weighted by Gasteiger charge is 2.32. The summed E-state index contributed by atoms with van der Waals surface area (Å²) < 4.78 is 48.9. The van der Waals surface area contributed by atoms with Crippen molar-refractivity contribution in [3.63, 3.8) is 0 Å². The van der Waals surface area contributed by atoms with Crippen molar-refractivity contribution in [2.75, 3.05) is 33.4 Å². The minimum Gasteiger partial charge on any atom is -0.372 e. The standard InChI is InChI=1S/C11H22F3NO2/c1-10(2,3)17-8-11(13,14)7-16-6-9(12)5-15-4/h9,15H,5-8H2,1-4H3. The Morgan fingerprint density at radius 1 is 1.18 bits per heavy atom. The Balaban J connectivity index is 3.78. The summed E-state index contributed by atoms with van der Waals surface area (Å²) in [6, 6.07) is 0. The molecular formula is C11H22F3NO2. The lowest BCUT2D eigenvalue weighted by molar-refractivity contribution is -0.154. The van der Waals surface area contributed by atoms with Gasteiger partial charge in [-0.1, -0.05) is 0 Å². The topological polar surface area (TPSA) is 30.5 Å². The largest absolute Gasteiger partial charge is 0.372 e. The van der Waals surface area contributed by atoms with Gasteiger partial charge < -0.3 is 14.8 Å². The average Bonchev–Trinajstić information content (AvgIpc) is 2.14. The predicted octanol–water partition coefficient (Wildman–Crippen LogP) is 2.01. The van der Waals surface area contributed by atoms with E-state index in [1.165, 1.54) is 0 Å². The molecule has 1 atom stereocenters. The van der Waals surface area contributed by atoms with Crippen LogP contribution in [0.1, 0.15) is 20.8 Å². The van der Waals surface area contributed by atoms with Crippen molar-refractivity contribution in [2.45, 2.75) is 38.5 Å². The zero-order chi connectivity index (χ0) is 13.5. The second-order valence-corrected chi connectivity index (χ2v) is 4.93. The highest BCUT2D eigenvalue weighted by molar-refractivity contribution is 4.69. The minimum absolute atomic E-state index is 0.0874. The van der Waals surface area contributed by atoms with E-state index in [0.29, 0.717) is 0 Å². The van der Waals surface area contributed by atoms with Crippen LogP contribution < -0.4 is 5.32 Å². The normalized spacial score (nSPS) is 15.0. The molecular weight excluding hydrogens is 235 g/mol. The Kier molecular flexibility index (Phi) is 7.04. The fourth-order valence-corrected chi connectivity index (χ4v) is 0.980. The third-order valence-corrected chi connectivity index (χ3v) is 1.75. The van der Waals surface area contributed by atoms with Gasteiger partial charge in [-0.05, 0) is 27.8 Å². The van der Waals surface area contributed by atoms with E-state index in [2.05, 4.69) is 10.1 Å². The van der Waals surface area contributed by atoms with Gasteiger partial charge in [0.15, 0.2) is 0 Å². The van der Waals surface area contributed by atoms with Crippen molar-refractivity contribution in [1.29, 1.82) is 0 Å².